The summed E-state index contributed by atoms with van der Waals surface area (Å²) in [6.45, 7) is 0.763. The fourth-order valence-corrected chi connectivity index (χ4v) is 0.677. The molecule has 0 radical (unpaired) electrons. The van der Waals surface area contributed by atoms with Gasteiger partial charge < -0.3 is 0 Å². The van der Waals surface area contributed by atoms with Crippen LogP contribution in [0.2, 0.25) is 0 Å². The summed E-state index contributed by atoms with van der Waals surface area (Å²) < 4.78 is 0. The monoisotopic (exact) mass is 136 g/mol. The lowest BCUT2D eigenvalue weighted by atomic mass is 10.3. The second kappa shape index (κ2) is 3.61. The molecule has 0 bridgehead atoms. The van der Waals surface area contributed by atoms with Crippen molar-refractivity contribution >= 4 is 6.34 Å². The maximum Gasteiger partial charge on any atom is 0.227 e. The van der Waals surface area contributed by atoms with Gasteiger partial charge in [0.15, 0.2) is 0 Å². The Labute approximate surface area is 59.6 Å². The van der Waals surface area contributed by atoms with Crippen LogP contribution >= 0.6 is 0 Å². The minimum absolute atomic E-state index is 0.763. The summed E-state index contributed by atoms with van der Waals surface area (Å²) in [7, 11) is 0. The molecule has 1 rings (SSSR count). The van der Waals surface area contributed by atoms with E-state index in [1.807, 2.05) is 12.1 Å². The van der Waals surface area contributed by atoms with Gasteiger partial charge in [0.05, 0.1) is 0 Å². The third-order valence-corrected chi connectivity index (χ3v) is 1.17. The maximum absolute atomic E-state index is 5.12. The smallest absolute Gasteiger partial charge is 0.227 e. The molecular weight excluding hydrogens is 126 g/mol. The molecule has 3 nitrogen and oxygen atoms in total. The number of hydrogen-bond acceptors (Lipinski definition) is 1. The van der Waals surface area contributed by atoms with Crippen molar-refractivity contribution in [1.29, 1.82) is 0 Å². The lowest BCUT2D eigenvalue weighted by Crippen LogP contribution is -2.68. The lowest BCUT2D eigenvalue weighted by Gasteiger charge is -1.89. The van der Waals surface area contributed by atoms with Crippen LogP contribution in [0.5, 0.6) is 0 Å². The predicted molar refractivity (Wildman–Crippen MR) is 39.2 cm³/mol. The minimum atomic E-state index is 0.763. The average Bonchev–Trinajstić information content (AvgIpc) is 2.03. The van der Waals surface area contributed by atoms with Gasteiger partial charge in [-0.2, -0.15) is 0 Å². The second-order valence-corrected chi connectivity index (χ2v) is 1.90. The molecule has 1 aromatic rings. The predicted octanol–water partition coefficient (Wildman–Crippen LogP) is -1.35. The normalized spacial score (nSPS) is 10.4. The number of pyridine rings is 1. The number of nitrogens with two attached hydrogens (primary N) is 1. The third kappa shape index (κ3) is 1.85. The van der Waals surface area contributed by atoms with Crippen LogP contribution in [0, 0.1) is 0 Å². The molecule has 10 heavy (non-hydrogen) atoms. The van der Waals surface area contributed by atoms with Gasteiger partial charge in [0, 0.05) is 12.4 Å². The van der Waals surface area contributed by atoms with Gasteiger partial charge in [-0.15, -0.1) is 0 Å². The molecule has 52 valence electrons. The van der Waals surface area contributed by atoms with Crippen molar-refractivity contribution in [3.63, 3.8) is 0 Å². The molecule has 0 aliphatic heterocycles. The van der Waals surface area contributed by atoms with Gasteiger partial charge in [0.25, 0.3) is 0 Å². The van der Waals surface area contributed by atoms with E-state index in [0.717, 1.165) is 6.54 Å². The fourth-order valence-electron chi connectivity index (χ4n) is 0.677. The third-order valence-electron chi connectivity index (χ3n) is 1.17. The fraction of sp³-hybridized carbons (Fsp3) is 0.143. The largest absolute Gasteiger partial charge is 0.294 e. The molecule has 0 unspecified atom stereocenters. The topological polar surface area (TPSA) is 52.9 Å². The van der Waals surface area contributed by atoms with E-state index in [4.69, 9.17) is 5.73 Å². The number of hydrogen-bond donors (Lipinski definition) is 2. The summed E-state index contributed by atoms with van der Waals surface area (Å²) in [4.78, 5) is 6.77. The molecule has 0 aliphatic carbocycles. The summed E-state index contributed by atoms with van der Waals surface area (Å²) in [5, 5.41) is 0. The van der Waals surface area contributed by atoms with Gasteiger partial charge in [0.2, 0.25) is 6.34 Å². The standard InChI is InChI=1S/C7H9N3/c8-6-10-5-7-1-3-9-4-2-7/h1-4,6H,5H2,(H2,8,10)/p+1. The highest BCUT2D eigenvalue weighted by molar-refractivity contribution is 5.43. The first-order valence-electron chi connectivity index (χ1n) is 3.09. The molecule has 1 heterocycles. The first-order chi connectivity index (χ1) is 4.93. The zero-order valence-electron chi connectivity index (χ0n) is 5.62. The van der Waals surface area contributed by atoms with E-state index in [1.54, 1.807) is 12.4 Å². The Hall–Kier alpha value is -1.38. The molecule has 0 aliphatic rings. The molecule has 0 saturated heterocycles. The highest BCUT2D eigenvalue weighted by atomic mass is 14.8. The highest BCUT2D eigenvalue weighted by Crippen LogP contribution is 1.90. The summed E-state index contributed by atoms with van der Waals surface area (Å²) in [5.41, 5.74) is 6.30. The van der Waals surface area contributed by atoms with Crippen LogP contribution in [-0.4, -0.2) is 11.3 Å². The van der Waals surface area contributed by atoms with Crippen LogP contribution in [0.1, 0.15) is 5.56 Å². The first kappa shape index (κ1) is 6.74. The van der Waals surface area contributed by atoms with E-state index in [9.17, 15) is 0 Å². The molecule has 0 saturated carbocycles. The van der Waals surface area contributed by atoms with E-state index in [2.05, 4.69) is 9.98 Å². The van der Waals surface area contributed by atoms with Crippen molar-refractivity contribution in [3.05, 3.63) is 30.1 Å². The van der Waals surface area contributed by atoms with Crippen molar-refractivity contribution in [2.24, 2.45) is 5.73 Å². The Morgan fingerprint density at radius 1 is 1.50 bits per heavy atom. The summed E-state index contributed by atoms with van der Waals surface area (Å²) in [6.07, 6.45) is 4.95. The van der Waals surface area contributed by atoms with Crippen molar-refractivity contribution in [1.82, 2.24) is 4.98 Å². The number of aromatic nitrogens is 1. The van der Waals surface area contributed by atoms with Crippen LogP contribution in [0.3, 0.4) is 0 Å². The minimum Gasteiger partial charge on any atom is -0.294 e. The second-order valence-electron chi connectivity index (χ2n) is 1.90. The van der Waals surface area contributed by atoms with E-state index in [-0.39, 0.29) is 0 Å². The molecule has 0 atom stereocenters. The van der Waals surface area contributed by atoms with E-state index in [1.165, 1.54) is 11.9 Å². The van der Waals surface area contributed by atoms with Crippen molar-refractivity contribution in [2.45, 2.75) is 6.54 Å². The van der Waals surface area contributed by atoms with Crippen LogP contribution < -0.4 is 10.7 Å². The maximum atomic E-state index is 5.12. The Morgan fingerprint density at radius 2 is 2.20 bits per heavy atom. The van der Waals surface area contributed by atoms with Gasteiger partial charge in [-0.05, 0) is 17.7 Å². The van der Waals surface area contributed by atoms with Crippen LogP contribution in [0.25, 0.3) is 0 Å². The molecule has 0 aromatic carbocycles. The summed E-state index contributed by atoms with van der Waals surface area (Å²) in [6, 6.07) is 3.88. The molecule has 0 fully saturated rings. The Morgan fingerprint density at radius 3 is 2.80 bits per heavy atom. The highest BCUT2D eigenvalue weighted by Gasteiger charge is 1.86. The van der Waals surface area contributed by atoms with Gasteiger partial charge in [-0.25, -0.2) is 0 Å². The lowest BCUT2D eigenvalue weighted by molar-refractivity contribution is -0.470. The van der Waals surface area contributed by atoms with Crippen molar-refractivity contribution in [3.8, 4) is 0 Å². The molecule has 0 amide bonds. The number of nitrogens with one attached hydrogen (secondary N) is 1. The van der Waals surface area contributed by atoms with Gasteiger partial charge in [-0.3, -0.25) is 15.7 Å². The molecule has 1 aromatic heterocycles. The Bertz CT molecular complexity index is 205. The summed E-state index contributed by atoms with van der Waals surface area (Å²) >= 11 is 0. The van der Waals surface area contributed by atoms with Gasteiger partial charge in [-0.1, -0.05) is 0 Å². The van der Waals surface area contributed by atoms with Crippen LogP contribution in [-0.2, 0) is 6.54 Å². The Balaban J connectivity index is 2.59. The van der Waals surface area contributed by atoms with Crippen LogP contribution in [0.15, 0.2) is 24.5 Å². The molecule has 0 spiro atoms. The van der Waals surface area contributed by atoms with Crippen LogP contribution in [0.4, 0.5) is 0 Å². The van der Waals surface area contributed by atoms with E-state index < -0.39 is 0 Å². The number of nitrogens with zero attached hydrogens (tertiary/aromatic N) is 1. The molecule has 3 N–H and O–H groups in total. The molecule has 3 heteroatoms. The van der Waals surface area contributed by atoms with Gasteiger partial charge >= 0.3 is 0 Å². The Kier molecular flexibility index (Phi) is 2.43. The zero-order chi connectivity index (χ0) is 7.23. The quantitative estimate of drug-likeness (QED) is 0.390. The van der Waals surface area contributed by atoms with Gasteiger partial charge in [0.1, 0.15) is 6.54 Å². The SMILES string of the molecule is NC=[NH+]Cc1ccncc1. The summed E-state index contributed by atoms with van der Waals surface area (Å²) in [5.74, 6) is 0. The zero-order valence-corrected chi connectivity index (χ0v) is 5.62. The van der Waals surface area contributed by atoms with E-state index in [0.29, 0.717) is 0 Å². The number of rotatable bonds is 2. The van der Waals surface area contributed by atoms with Crippen molar-refractivity contribution < 1.29 is 4.99 Å². The molecular formula is C7H10N3+. The average molecular weight is 136 g/mol. The van der Waals surface area contributed by atoms with Crippen molar-refractivity contribution in [2.75, 3.05) is 0 Å². The van der Waals surface area contributed by atoms with E-state index >= 15 is 0 Å². The first-order valence-corrected chi connectivity index (χ1v) is 3.09.